The maximum Gasteiger partial charge on any atom is 0.301 e. The van der Waals surface area contributed by atoms with Crippen molar-refractivity contribution in [3.05, 3.63) is 66.5 Å². The van der Waals surface area contributed by atoms with Crippen LogP contribution in [0.2, 0.25) is 0 Å². The Balaban J connectivity index is 1.32. The highest BCUT2D eigenvalue weighted by Gasteiger charge is 2.42. The molecule has 2 heterocycles. The van der Waals surface area contributed by atoms with E-state index in [0.717, 1.165) is 16.0 Å². The van der Waals surface area contributed by atoms with Gasteiger partial charge in [0, 0.05) is 35.0 Å². The zero-order chi connectivity index (χ0) is 26.2. The predicted octanol–water partition coefficient (Wildman–Crippen LogP) is 3.38. The number of nitrogens with zero attached hydrogens (tertiary/aromatic N) is 3. The van der Waals surface area contributed by atoms with Gasteiger partial charge in [-0.1, -0.05) is 18.2 Å². The van der Waals surface area contributed by atoms with Crippen LogP contribution in [0, 0.1) is 11.3 Å². The van der Waals surface area contributed by atoms with Gasteiger partial charge in [-0.05, 0) is 48.7 Å². The van der Waals surface area contributed by atoms with Crippen molar-refractivity contribution in [1.29, 1.82) is 5.26 Å². The van der Waals surface area contributed by atoms with Crippen LogP contribution in [0.15, 0.2) is 70.7 Å². The third-order valence-electron chi connectivity index (χ3n) is 6.52. The van der Waals surface area contributed by atoms with Crippen molar-refractivity contribution in [2.24, 2.45) is 0 Å². The normalized spacial score (nSPS) is 19.4. The molecule has 0 amide bonds. The first kappa shape index (κ1) is 25.5. The van der Waals surface area contributed by atoms with Gasteiger partial charge in [-0.15, -0.1) is 11.8 Å². The van der Waals surface area contributed by atoms with Crippen molar-refractivity contribution in [2.75, 3.05) is 23.7 Å². The predicted molar refractivity (Wildman–Crippen MR) is 142 cm³/mol. The van der Waals surface area contributed by atoms with Crippen LogP contribution in [-0.2, 0) is 20.0 Å². The minimum absolute atomic E-state index is 0.168. The maximum absolute atomic E-state index is 13.4. The summed E-state index contributed by atoms with van der Waals surface area (Å²) in [5.74, 6) is 1.01. The number of fused-ring (bicyclic) bond motifs is 1. The summed E-state index contributed by atoms with van der Waals surface area (Å²) in [4.78, 5) is 5.25. The number of rotatable bonds is 7. The summed E-state index contributed by atoms with van der Waals surface area (Å²) < 4.78 is 61.9. The number of thioether (sulfide) groups is 1. The molecule has 192 valence electrons. The van der Waals surface area contributed by atoms with Crippen LogP contribution in [0.5, 0.6) is 5.75 Å². The second-order valence-corrected chi connectivity index (χ2v) is 13.7. The molecule has 2 aliphatic rings. The van der Waals surface area contributed by atoms with Crippen molar-refractivity contribution in [3.8, 4) is 22.9 Å². The van der Waals surface area contributed by atoms with E-state index in [9.17, 15) is 16.8 Å². The number of hydrogen-bond donors (Lipinski definition) is 1. The van der Waals surface area contributed by atoms with Crippen LogP contribution in [0.3, 0.4) is 0 Å². The number of sulfone groups is 1. The third kappa shape index (κ3) is 4.92. The molecule has 1 aliphatic carbocycles. The van der Waals surface area contributed by atoms with Gasteiger partial charge >= 0.3 is 10.2 Å². The number of methoxy groups -OCH3 is 1. The van der Waals surface area contributed by atoms with Gasteiger partial charge in [-0.25, -0.2) is 8.42 Å². The second-order valence-electron chi connectivity index (χ2n) is 8.78. The molecule has 1 saturated carbocycles. The zero-order valence-electron chi connectivity index (χ0n) is 19.9. The van der Waals surface area contributed by atoms with Crippen LogP contribution in [-0.4, -0.2) is 52.5 Å². The number of pyridine rings is 1. The first-order chi connectivity index (χ1) is 17.7. The summed E-state index contributed by atoms with van der Waals surface area (Å²) in [6, 6.07) is 15.0. The largest absolute Gasteiger partial charge is 0.497 e. The van der Waals surface area contributed by atoms with E-state index in [1.807, 2.05) is 12.1 Å². The number of ether oxygens (including phenoxy) is 1. The molecule has 0 bridgehead atoms. The van der Waals surface area contributed by atoms with E-state index in [1.165, 1.54) is 29.7 Å². The van der Waals surface area contributed by atoms with Crippen LogP contribution < -0.4 is 13.8 Å². The van der Waals surface area contributed by atoms with E-state index in [-0.39, 0.29) is 24.3 Å². The molecule has 0 spiro atoms. The summed E-state index contributed by atoms with van der Waals surface area (Å²) in [5, 5.41) is 8.40. The lowest BCUT2D eigenvalue weighted by Crippen LogP contribution is -2.54. The highest BCUT2D eigenvalue weighted by Crippen LogP contribution is 2.42. The van der Waals surface area contributed by atoms with E-state index in [0.29, 0.717) is 22.8 Å². The first-order valence-corrected chi connectivity index (χ1v) is 15.5. The summed E-state index contributed by atoms with van der Waals surface area (Å²) >= 11 is 1.55. The number of nitrogens with one attached hydrogen (secondary N) is 1. The van der Waals surface area contributed by atoms with E-state index in [1.54, 1.807) is 42.2 Å². The minimum Gasteiger partial charge on any atom is -0.497 e. The van der Waals surface area contributed by atoms with Crippen molar-refractivity contribution < 1.29 is 21.6 Å². The number of aromatic nitrogens is 1. The summed E-state index contributed by atoms with van der Waals surface area (Å²) in [6.45, 7) is 0.268. The standard InChI is InChI=1S/C25H24N4O5S3/c1-34-20-3-2-4-21(13-20)36(30,31)22-11-19(12-22)28-37(32,33)29-9-10-35-25-23(15-27-16-24(25)29)18-7-5-17(14-26)6-8-18/h2-8,13,15-16,19,22,28H,9-12H2,1H3. The quantitative estimate of drug-likeness (QED) is 0.469. The van der Waals surface area contributed by atoms with Crippen LogP contribution in [0.25, 0.3) is 11.1 Å². The molecule has 37 heavy (non-hydrogen) atoms. The molecule has 0 atom stereocenters. The summed E-state index contributed by atoms with van der Waals surface area (Å²) in [7, 11) is -6.07. The highest BCUT2D eigenvalue weighted by molar-refractivity contribution is 8.00. The monoisotopic (exact) mass is 556 g/mol. The second kappa shape index (κ2) is 9.98. The average molecular weight is 557 g/mol. The molecule has 0 radical (unpaired) electrons. The fourth-order valence-corrected chi connectivity index (χ4v) is 9.12. The van der Waals surface area contributed by atoms with E-state index >= 15 is 0 Å². The molecule has 3 aromatic rings. The molecule has 12 heteroatoms. The molecule has 0 saturated heterocycles. The van der Waals surface area contributed by atoms with Gasteiger partial charge in [-0.3, -0.25) is 9.29 Å². The Labute approximate surface area is 220 Å². The Kier molecular flexibility index (Phi) is 6.89. The molecule has 1 fully saturated rings. The maximum atomic E-state index is 13.4. The van der Waals surface area contributed by atoms with Crippen molar-refractivity contribution in [3.63, 3.8) is 0 Å². The van der Waals surface area contributed by atoms with Crippen LogP contribution in [0.4, 0.5) is 5.69 Å². The molecular weight excluding hydrogens is 532 g/mol. The fourth-order valence-electron chi connectivity index (χ4n) is 4.46. The Morgan fingerprint density at radius 2 is 1.86 bits per heavy atom. The summed E-state index contributed by atoms with van der Waals surface area (Å²) in [5.41, 5.74) is 2.65. The van der Waals surface area contributed by atoms with Crippen molar-refractivity contribution in [2.45, 2.75) is 33.9 Å². The lowest BCUT2D eigenvalue weighted by atomic mass is 9.93. The van der Waals surface area contributed by atoms with Gasteiger partial charge < -0.3 is 4.74 Å². The Hall–Kier alpha value is -3.11. The molecule has 0 unspecified atom stereocenters. The number of benzene rings is 2. The minimum atomic E-state index is -3.94. The Morgan fingerprint density at radius 3 is 2.57 bits per heavy atom. The van der Waals surface area contributed by atoms with Crippen molar-refractivity contribution >= 4 is 37.5 Å². The van der Waals surface area contributed by atoms with Gasteiger partial charge in [0.05, 0.1) is 40.8 Å². The van der Waals surface area contributed by atoms with Gasteiger partial charge in [0.1, 0.15) is 5.75 Å². The molecular formula is C25H24N4O5S3. The zero-order valence-corrected chi connectivity index (χ0v) is 22.3. The molecule has 1 aliphatic heterocycles. The van der Waals surface area contributed by atoms with Crippen LogP contribution in [0.1, 0.15) is 18.4 Å². The van der Waals surface area contributed by atoms with Gasteiger partial charge in [-0.2, -0.15) is 18.4 Å². The lowest BCUT2D eigenvalue weighted by molar-refractivity contribution is 0.378. The van der Waals surface area contributed by atoms with Gasteiger partial charge in [0.15, 0.2) is 9.84 Å². The molecule has 2 aromatic carbocycles. The van der Waals surface area contributed by atoms with Crippen LogP contribution >= 0.6 is 11.8 Å². The van der Waals surface area contributed by atoms with Gasteiger partial charge in [0.2, 0.25) is 0 Å². The number of nitriles is 1. The molecule has 9 nitrogen and oxygen atoms in total. The number of hydrogen-bond acceptors (Lipinski definition) is 8. The molecule has 1 aromatic heterocycles. The SMILES string of the molecule is COc1cccc(S(=O)(=O)C2CC(NS(=O)(=O)N3CCSc4c(-c5ccc(C#N)cc5)cncc43)C2)c1. The molecule has 1 N–H and O–H groups in total. The highest BCUT2D eigenvalue weighted by atomic mass is 32.2. The Bertz CT molecular complexity index is 1580. The number of anilines is 1. The smallest absolute Gasteiger partial charge is 0.301 e. The van der Waals surface area contributed by atoms with E-state index < -0.39 is 31.3 Å². The summed E-state index contributed by atoms with van der Waals surface area (Å²) in [6.07, 6.45) is 3.61. The van der Waals surface area contributed by atoms with Crippen molar-refractivity contribution in [1.82, 2.24) is 9.71 Å². The van der Waals surface area contributed by atoms with E-state index in [2.05, 4.69) is 15.8 Å². The van der Waals surface area contributed by atoms with E-state index in [4.69, 9.17) is 10.00 Å². The first-order valence-electron chi connectivity index (χ1n) is 11.5. The third-order valence-corrected chi connectivity index (χ3v) is 11.4. The average Bonchev–Trinajstić information content (AvgIpc) is 2.89. The Morgan fingerprint density at radius 1 is 1.11 bits per heavy atom. The molecule has 5 rings (SSSR count). The fraction of sp³-hybridized carbons (Fsp3) is 0.280. The van der Waals surface area contributed by atoms with Gasteiger partial charge in [0.25, 0.3) is 0 Å². The lowest BCUT2D eigenvalue weighted by Gasteiger charge is -2.38. The topological polar surface area (TPSA) is 129 Å².